The fourth-order valence-corrected chi connectivity index (χ4v) is 3.45. The number of ether oxygens (including phenoxy) is 1. The van der Waals surface area contributed by atoms with Crippen LogP contribution in [-0.4, -0.2) is 39.4 Å². The highest BCUT2D eigenvalue weighted by Gasteiger charge is 2.35. The monoisotopic (exact) mass is 384 g/mol. The zero-order valence-electron chi connectivity index (χ0n) is 16.6. The Hall–Kier alpha value is -2.60. The molecular formula is C22H28N2O4. The first-order valence-electron chi connectivity index (χ1n) is 9.65. The third-order valence-corrected chi connectivity index (χ3v) is 5.14. The summed E-state index contributed by atoms with van der Waals surface area (Å²) in [5.41, 5.74) is 1.03. The van der Waals surface area contributed by atoms with Crippen molar-refractivity contribution in [1.82, 2.24) is 10.3 Å². The molecule has 0 bridgehead atoms. The first kappa shape index (κ1) is 20.1. The molecule has 3 atom stereocenters. The Morgan fingerprint density at radius 1 is 1.25 bits per heavy atom. The molecule has 1 amide bonds. The van der Waals surface area contributed by atoms with E-state index in [2.05, 4.69) is 10.3 Å². The molecule has 1 aliphatic carbocycles. The second kappa shape index (κ2) is 8.19. The first-order chi connectivity index (χ1) is 13.3. The van der Waals surface area contributed by atoms with Crippen molar-refractivity contribution < 1.29 is 19.7 Å². The predicted molar refractivity (Wildman–Crippen MR) is 107 cm³/mol. The van der Waals surface area contributed by atoms with Crippen molar-refractivity contribution in [1.29, 1.82) is 0 Å². The van der Waals surface area contributed by atoms with Crippen LogP contribution in [0, 0.1) is 0 Å². The number of aliphatic hydroxyl groups is 1. The summed E-state index contributed by atoms with van der Waals surface area (Å²) in [6.07, 6.45) is 4.17. The number of phenols is 1. The average Bonchev–Trinajstić information content (AvgIpc) is 2.65. The van der Waals surface area contributed by atoms with Crippen LogP contribution in [-0.2, 0) is 5.41 Å². The van der Waals surface area contributed by atoms with Crippen molar-refractivity contribution in [3.8, 4) is 11.5 Å². The minimum atomic E-state index is -0.842. The zero-order valence-corrected chi connectivity index (χ0v) is 16.6. The molecule has 6 heteroatoms. The van der Waals surface area contributed by atoms with Crippen LogP contribution >= 0.6 is 0 Å². The molecule has 0 radical (unpaired) electrons. The van der Waals surface area contributed by atoms with Crippen LogP contribution in [0.15, 0.2) is 42.7 Å². The van der Waals surface area contributed by atoms with Gasteiger partial charge in [-0.05, 0) is 54.5 Å². The number of aliphatic hydroxyl groups excluding tert-OH is 1. The lowest BCUT2D eigenvalue weighted by atomic mass is 9.85. The van der Waals surface area contributed by atoms with E-state index in [9.17, 15) is 15.0 Å². The van der Waals surface area contributed by atoms with Gasteiger partial charge in [-0.2, -0.15) is 0 Å². The summed E-state index contributed by atoms with van der Waals surface area (Å²) >= 11 is 0. The topological polar surface area (TPSA) is 91.7 Å². The molecule has 1 heterocycles. The molecule has 0 spiro atoms. The van der Waals surface area contributed by atoms with E-state index >= 15 is 0 Å². The molecule has 3 N–H and O–H groups in total. The summed E-state index contributed by atoms with van der Waals surface area (Å²) < 4.78 is 5.86. The Morgan fingerprint density at radius 3 is 2.71 bits per heavy atom. The Morgan fingerprint density at radius 2 is 2.04 bits per heavy atom. The molecular weight excluding hydrogens is 356 g/mol. The number of carbonyl (C=O) groups excluding carboxylic acids is 1. The molecule has 0 saturated heterocycles. The van der Waals surface area contributed by atoms with Gasteiger partial charge in [0.25, 0.3) is 5.91 Å². The number of aromatic nitrogens is 1. The number of hydrogen-bond acceptors (Lipinski definition) is 5. The van der Waals surface area contributed by atoms with Crippen molar-refractivity contribution >= 4 is 5.91 Å². The number of nitrogens with zero attached hydrogens (tertiary/aromatic N) is 1. The fraction of sp³-hybridized carbons (Fsp3) is 0.455. The van der Waals surface area contributed by atoms with Gasteiger partial charge >= 0.3 is 0 Å². The standard InChI is InChI=1S/C22H28N2O4/c1-22(2,3)14-9-10-18(25)16(12-14)21(27)24-17-7-4-8-19(20(17)26)28-15-6-5-11-23-13-15/h5-6,9-13,17,19-20,25-26H,4,7-8H2,1-3H3,(H,24,27)/t17-,19-,20-/m1/s1. The molecule has 6 nitrogen and oxygen atoms in total. The Balaban J connectivity index is 1.71. The van der Waals surface area contributed by atoms with E-state index < -0.39 is 24.2 Å². The summed E-state index contributed by atoms with van der Waals surface area (Å²) in [5, 5.41) is 23.8. The highest BCUT2D eigenvalue weighted by atomic mass is 16.5. The molecule has 1 saturated carbocycles. The summed E-state index contributed by atoms with van der Waals surface area (Å²) in [5.74, 6) is 0.127. The van der Waals surface area contributed by atoms with Crippen molar-refractivity contribution in [3.05, 3.63) is 53.9 Å². The normalized spacial score (nSPS) is 22.5. The Bertz CT molecular complexity index is 817. The molecule has 150 valence electrons. The molecule has 28 heavy (non-hydrogen) atoms. The number of amides is 1. The first-order valence-corrected chi connectivity index (χ1v) is 9.65. The smallest absolute Gasteiger partial charge is 0.255 e. The van der Waals surface area contributed by atoms with Crippen molar-refractivity contribution in [2.45, 2.75) is 63.7 Å². The minimum Gasteiger partial charge on any atom is -0.507 e. The molecule has 0 aliphatic heterocycles. The summed E-state index contributed by atoms with van der Waals surface area (Å²) in [4.78, 5) is 16.8. The van der Waals surface area contributed by atoms with Gasteiger partial charge in [0.2, 0.25) is 0 Å². The third kappa shape index (κ3) is 4.62. The quantitative estimate of drug-likeness (QED) is 0.753. The second-order valence-corrected chi connectivity index (χ2v) is 8.33. The molecule has 1 aromatic carbocycles. The van der Waals surface area contributed by atoms with Crippen LogP contribution in [0.4, 0.5) is 0 Å². The molecule has 3 rings (SSSR count). The number of carbonyl (C=O) groups is 1. The van der Waals surface area contributed by atoms with E-state index in [-0.39, 0.29) is 16.7 Å². The summed E-state index contributed by atoms with van der Waals surface area (Å²) in [6.45, 7) is 6.14. The highest BCUT2D eigenvalue weighted by Crippen LogP contribution is 2.28. The second-order valence-electron chi connectivity index (χ2n) is 8.33. The number of benzene rings is 1. The molecule has 1 aliphatic rings. The van der Waals surface area contributed by atoms with E-state index in [0.717, 1.165) is 12.0 Å². The number of rotatable bonds is 4. The van der Waals surface area contributed by atoms with E-state index in [1.54, 1.807) is 36.7 Å². The lowest BCUT2D eigenvalue weighted by Crippen LogP contribution is -2.52. The third-order valence-electron chi connectivity index (χ3n) is 5.14. The van der Waals surface area contributed by atoms with Gasteiger partial charge in [0.05, 0.1) is 17.8 Å². The maximum absolute atomic E-state index is 12.8. The summed E-state index contributed by atoms with van der Waals surface area (Å²) in [6, 6.07) is 8.19. The Labute approximate surface area is 165 Å². The van der Waals surface area contributed by atoms with Crippen molar-refractivity contribution in [2.75, 3.05) is 0 Å². The van der Waals surface area contributed by atoms with Gasteiger partial charge in [0.1, 0.15) is 23.7 Å². The van der Waals surface area contributed by atoms with Crippen molar-refractivity contribution in [3.63, 3.8) is 0 Å². The van der Waals surface area contributed by atoms with Gasteiger partial charge in [-0.1, -0.05) is 26.8 Å². The number of nitrogens with one attached hydrogen (secondary N) is 1. The minimum absolute atomic E-state index is 0.0704. The number of aromatic hydroxyl groups is 1. The maximum atomic E-state index is 12.8. The van der Waals surface area contributed by atoms with Gasteiger partial charge < -0.3 is 20.3 Å². The molecule has 1 aromatic heterocycles. The van der Waals surface area contributed by atoms with E-state index in [4.69, 9.17) is 4.74 Å². The maximum Gasteiger partial charge on any atom is 0.255 e. The van der Waals surface area contributed by atoms with Gasteiger partial charge in [-0.3, -0.25) is 9.78 Å². The highest BCUT2D eigenvalue weighted by molar-refractivity contribution is 5.97. The largest absolute Gasteiger partial charge is 0.507 e. The van der Waals surface area contributed by atoms with Gasteiger partial charge in [-0.15, -0.1) is 0 Å². The van der Waals surface area contributed by atoms with E-state index in [0.29, 0.717) is 18.6 Å². The Kier molecular flexibility index (Phi) is 5.89. The van der Waals surface area contributed by atoms with E-state index in [1.165, 1.54) is 0 Å². The molecule has 2 aromatic rings. The summed E-state index contributed by atoms with van der Waals surface area (Å²) in [7, 11) is 0. The lowest BCUT2D eigenvalue weighted by molar-refractivity contribution is -0.0142. The average molecular weight is 384 g/mol. The molecule has 0 unspecified atom stereocenters. The zero-order chi connectivity index (χ0) is 20.3. The van der Waals surface area contributed by atoms with Crippen LogP contribution < -0.4 is 10.1 Å². The number of phenolic OH excluding ortho intramolecular Hbond substituents is 1. The molecule has 1 fully saturated rings. The SMILES string of the molecule is CC(C)(C)c1ccc(O)c(C(=O)N[C@@H]2CCC[C@@H](Oc3cccnc3)[C@@H]2O)c1. The predicted octanol–water partition coefficient (Wildman–Crippen LogP) is 3.18. The lowest BCUT2D eigenvalue weighted by Gasteiger charge is -2.35. The van der Waals surface area contributed by atoms with Gasteiger partial charge in [0.15, 0.2) is 0 Å². The van der Waals surface area contributed by atoms with Gasteiger partial charge in [-0.25, -0.2) is 0 Å². The van der Waals surface area contributed by atoms with Crippen molar-refractivity contribution in [2.24, 2.45) is 0 Å². The van der Waals surface area contributed by atoms with Crippen LogP contribution in [0.1, 0.15) is 56.0 Å². The van der Waals surface area contributed by atoms with Crippen LogP contribution in [0.2, 0.25) is 0 Å². The van der Waals surface area contributed by atoms with Crippen LogP contribution in [0.3, 0.4) is 0 Å². The van der Waals surface area contributed by atoms with Gasteiger partial charge in [0, 0.05) is 6.20 Å². The number of pyridine rings is 1. The van der Waals surface area contributed by atoms with Crippen LogP contribution in [0.25, 0.3) is 0 Å². The van der Waals surface area contributed by atoms with Crippen LogP contribution in [0.5, 0.6) is 11.5 Å². The number of hydrogen-bond donors (Lipinski definition) is 3. The fourth-order valence-electron chi connectivity index (χ4n) is 3.45. The van der Waals surface area contributed by atoms with E-state index in [1.807, 2.05) is 26.8 Å².